The molecule has 0 atom stereocenters. The van der Waals surface area contributed by atoms with Crippen LogP contribution in [0.4, 0.5) is 5.69 Å². The van der Waals surface area contributed by atoms with E-state index in [2.05, 4.69) is 10.1 Å². The highest BCUT2D eigenvalue weighted by Gasteiger charge is 2.18. The van der Waals surface area contributed by atoms with Crippen molar-refractivity contribution >= 4 is 23.5 Å². The summed E-state index contributed by atoms with van der Waals surface area (Å²) >= 11 is 0. The summed E-state index contributed by atoms with van der Waals surface area (Å²) in [4.78, 5) is 37.8. The average Bonchev–Trinajstić information content (AvgIpc) is 3.24. The van der Waals surface area contributed by atoms with Crippen molar-refractivity contribution in [3.8, 4) is 0 Å². The minimum Gasteiger partial charge on any atom is -0.465 e. The van der Waals surface area contributed by atoms with Gasteiger partial charge in [0, 0.05) is 24.3 Å². The van der Waals surface area contributed by atoms with Gasteiger partial charge in [-0.15, -0.1) is 0 Å². The highest BCUT2D eigenvalue weighted by molar-refractivity contribution is 6.04. The summed E-state index contributed by atoms with van der Waals surface area (Å²) < 4.78 is 4.64. The number of nitrogens with one attached hydrogen (secondary N) is 1. The number of esters is 1. The maximum atomic E-state index is 12.3. The molecule has 0 saturated carbocycles. The van der Waals surface area contributed by atoms with Crippen LogP contribution < -0.4 is 5.32 Å². The highest BCUT2D eigenvalue weighted by Crippen LogP contribution is 2.15. The molecular formula is C21H22N2O4. The molecule has 27 heavy (non-hydrogen) atoms. The summed E-state index contributed by atoms with van der Waals surface area (Å²) in [7, 11) is 1.31. The number of anilines is 1. The number of nitrogens with zero attached hydrogens (tertiary/aromatic N) is 1. The highest BCUT2D eigenvalue weighted by atomic mass is 16.5. The Morgan fingerprint density at radius 1 is 0.926 bits per heavy atom. The molecule has 1 saturated heterocycles. The minimum absolute atomic E-state index is 0.148. The molecular weight excluding hydrogens is 344 g/mol. The number of methoxy groups -OCH3 is 1. The third-order valence-corrected chi connectivity index (χ3v) is 4.59. The Morgan fingerprint density at radius 3 is 2.11 bits per heavy atom. The summed E-state index contributed by atoms with van der Waals surface area (Å²) in [6.07, 6.45) is 2.54. The number of hydrogen-bond donors (Lipinski definition) is 1. The lowest BCUT2D eigenvalue weighted by molar-refractivity contribution is -0.129. The first-order valence-corrected chi connectivity index (χ1v) is 8.93. The lowest BCUT2D eigenvalue weighted by Gasteiger charge is -2.15. The van der Waals surface area contributed by atoms with Crippen molar-refractivity contribution in [1.82, 2.24) is 4.90 Å². The predicted molar refractivity (Wildman–Crippen MR) is 102 cm³/mol. The Bertz CT molecular complexity index is 822. The number of rotatable bonds is 5. The Hall–Kier alpha value is -3.15. The SMILES string of the molecule is COC(=O)c1ccc(C(=O)Nc2ccc(CC(=O)N3CCCC3)cc2)cc1. The third kappa shape index (κ3) is 4.73. The molecule has 0 spiro atoms. The Balaban J connectivity index is 1.58. The standard InChI is InChI=1S/C21H22N2O4/c1-27-21(26)17-8-6-16(7-9-17)20(25)22-18-10-4-15(5-11-18)14-19(24)23-12-2-3-13-23/h4-11H,2-3,12-14H2,1H3,(H,22,25). The van der Waals surface area contributed by atoms with Crippen LogP contribution in [0.2, 0.25) is 0 Å². The van der Waals surface area contributed by atoms with Crippen molar-refractivity contribution in [3.63, 3.8) is 0 Å². The Kier molecular flexibility index (Phi) is 5.86. The number of amides is 2. The van der Waals surface area contributed by atoms with E-state index < -0.39 is 5.97 Å². The fourth-order valence-electron chi connectivity index (χ4n) is 3.04. The third-order valence-electron chi connectivity index (χ3n) is 4.59. The smallest absolute Gasteiger partial charge is 0.337 e. The predicted octanol–water partition coefficient (Wildman–Crippen LogP) is 2.89. The summed E-state index contributed by atoms with van der Waals surface area (Å²) in [5.74, 6) is -0.566. The van der Waals surface area contributed by atoms with Crippen LogP contribution in [-0.4, -0.2) is 42.9 Å². The molecule has 0 unspecified atom stereocenters. The second kappa shape index (κ2) is 8.49. The van der Waals surface area contributed by atoms with Crippen molar-refractivity contribution < 1.29 is 19.1 Å². The van der Waals surface area contributed by atoms with Crippen LogP contribution >= 0.6 is 0 Å². The van der Waals surface area contributed by atoms with Gasteiger partial charge in [0.05, 0.1) is 19.1 Å². The number of benzene rings is 2. The van der Waals surface area contributed by atoms with Crippen LogP contribution in [0.5, 0.6) is 0 Å². The Morgan fingerprint density at radius 2 is 1.52 bits per heavy atom. The zero-order chi connectivity index (χ0) is 19.2. The van der Waals surface area contributed by atoms with Gasteiger partial charge in [-0.25, -0.2) is 4.79 Å². The van der Waals surface area contributed by atoms with Crippen LogP contribution in [0, 0.1) is 0 Å². The molecule has 2 amide bonds. The topological polar surface area (TPSA) is 75.7 Å². The molecule has 1 heterocycles. The molecule has 6 nitrogen and oxygen atoms in total. The minimum atomic E-state index is -0.443. The van der Waals surface area contributed by atoms with Gasteiger partial charge in [0.2, 0.25) is 5.91 Å². The van der Waals surface area contributed by atoms with E-state index in [1.807, 2.05) is 17.0 Å². The van der Waals surface area contributed by atoms with Crippen molar-refractivity contribution in [2.75, 3.05) is 25.5 Å². The van der Waals surface area contributed by atoms with Crippen LogP contribution in [0.3, 0.4) is 0 Å². The number of hydrogen-bond acceptors (Lipinski definition) is 4. The summed E-state index contributed by atoms with van der Waals surface area (Å²) in [5, 5.41) is 2.81. The van der Waals surface area contributed by atoms with Gasteiger partial charge in [-0.3, -0.25) is 9.59 Å². The second-order valence-corrected chi connectivity index (χ2v) is 6.48. The molecule has 1 fully saturated rings. The van der Waals surface area contributed by atoms with Crippen molar-refractivity contribution in [2.24, 2.45) is 0 Å². The van der Waals surface area contributed by atoms with Crippen LogP contribution in [0.25, 0.3) is 0 Å². The van der Waals surface area contributed by atoms with Gasteiger partial charge in [0.15, 0.2) is 0 Å². The normalized spacial score (nSPS) is 13.3. The van der Waals surface area contributed by atoms with E-state index in [4.69, 9.17) is 0 Å². The lowest BCUT2D eigenvalue weighted by atomic mass is 10.1. The summed E-state index contributed by atoms with van der Waals surface area (Å²) in [6.45, 7) is 1.70. The van der Waals surface area contributed by atoms with E-state index in [0.29, 0.717) is 23.2 Å². The van der Waals surface area contributed by atoms with Gasteiger partial charge in [-0.2, -0.15) is 0 Å². The van der Waals surface area contributed by atoms with E-state index >= 15 is 0 Å². The maximum absolute atomic E-state index is 12.3. The second-order valence-electron chi connectivity index (χ2n) is 6.48. The van der Waals surface area contributed by atoms with Crippen LogP contribution in [-0.2, 0) is 16.0 Å². The van der Waals surface area contributed by atoms with E-state index in [-0.39, 0.29) is 11.8 Å². The molecule has 2 aromatic rings. The zero-order valence-corrected chi connectivity index (χ0v) is 15.2. The molecule has 1 aliphatic rings. The molecule has 3 rings (SSSR count). The largest absolute Gasteiger partial charge is 0.465 e. The van der Waals surface area contributed by atoms with Crippen molar-refractivity contribution in [1.29, 1.82) is 0 Å². The number of likely N-dealkylation sites (tertiary alicyclic amines) is 1. The summed E-state index contributed by atoms with van der Waals surface area (Å²) in [5.41, 5.74) is 2.40. The van der Waals surface area contributed by atoms with Gasteiger partial charge in [-0.1, -0.05) is 12.1 Å². The Labute approximate surface area is 158 Å². The average molecular weight is 366 g/mol. The van der Waals surface area contributed by atoms with Gasteiger partial charge < -0.3 is 15.0 Å². The number of carbonyl (C=O) groups excluding carboxylic acids is 3. The fraction of sp³-hybridized carbons (Fsp3) is 0.286. The monoisotopic (exact) mass is 366 g/mol. The number of ether oxygens (including phenoxy) is 1. The van der Waals surface area contributed by atoms with Crippen molar-refractivity contribution in [3.05, 3.63) is 65.2 Å². The van der Waals surface area contributed by atoms with E-state index in [0.717, 1.165) is 31.5 Å². The molecule has 6 heteroatoms. The fourth-order valence-corrected chi connectivity index (χ4v) is 3.04. The maximum Gasteiger partial charge on any atom is 0.337 e. The van der Waals surface area contributed by atoms with E-state index in [1.54, 1.807) is 36.4 Å². The molecule has 0 bridgehead atoms. The van der Waals surface area contributed by atoms with Gasteiger partial charge in [-0.05, 0) is 54.8 Å². The van der Waals surface area contributed by atoms with Gasteiger partial charge >= 0.3 is 5.97 Å². The molecule has 1 N–H and O–H groups in total. The quantitative estimate of drug-likeness (QED) is 0.826. The lowest BCUT2D eigenvalue weighted by Crippen LogP contribution is -2.29. The van der Waals surface area contributed by atoms with Crippen LogP contribution in [0.1, 0.15) is 39.1 Å². The van der Waals surface area contributed by atoms with Gasteiger partial charge in [0.1, 0.15) is 0 Å². The molecule has 1 aliphatic heterocycles. The molecule has 2 aromatic carbocycles. The first-order chi connectivity index (χ1) is 13.1. The zero-order valence-electron chi connectivity index (χ0n) is 15.2. The molecule has 0 aliphatic carbocycles. The first-order valence-electron chi connectivity index (χ1n) is 8.93. The van der Waals surface area contributed by atoms with E-state index in [9.17, 15) is 14.4 Å². The number of carbonyl (C=O) groups is 3. The first kappa shape index (κ1) is 18.6. The molecule has 0 radical (unpaired) electrons. The molecule has 0 aromatic heterocycles. The van der Waals surface area contributed by atoms with Crippen LogP contribution in [0.15, 0.2) is 48.5 Å². The molecule has 140 valence electrons. The van der Waals surface area contributed by atoms with Gasteiger partial charge in [0.25, 0.3) is 5.91 Å². The van der Waals surface area contributed by atoms with E-state index in [1.165, 1.54) is 7.11 Å². The van der Waals surface area contributed by atoms with Crippen molar-refractivity contribution in [2.45, 2.75) is 19.3 Å². The summed E-state index contributed by atoms with van der Waals surface area (Å²) in [6, 6.07) is 13.5.